The SMILES string of the molecule is N#CCN(CC#N)c1cc(Cl)c(Cl)cc1N. The van der Waals surface area contributed by atoms with E-state index in [1.54, 1.807) is 6.07 Å². The molecule has 0 aromatic heterocycles. The molecule has 0 aliphatic heterocycles. The molecule has 82 valence electrons. The average molecular weight is 255 g/mol. The van der Waals surface area contributed by atoms with Crippen molar-refractivity contribution in [3.63, 3.8) is 0 Å². The number of halogens is 2. The van der Waals surface area contributed by atoms with Crippen molar-refractivity contribution in [1.82, 2.24) is 0 Å². The zero-order valence-electron chi connectivity index (χ0n) is 8.24. The van der Waals surface area contributed by atoms with Gasteiger partial charge in [-0.05, 0) is 12.1 Å². The van der Waals surface area contributed by atoms with Gasteiger partial charge in [-0.3, -0.25) is 0 Å². The molecule has 1 aromatic rings. The third-order valence-electron chi connectivity index (χ3n) is 1.93. The largest absolute Gasteiger partial charge is 0.397 e. The number of benzene rings is 1. The Morgan fingerprint density at radius 3 is 2.12 bits per heavy atom. The summed E-state index contributed by atoms with van der Waals surface area (Å²) in [6, 6.07) is 6.96. The van der Waals surface area contributed by atoms with Gasteiger partial charge in [0, 0.05) is 0 Å². The molecule has 1 aromatic carbocycles. The molecular formula is C10H8Cl2N4. The Kier molecular flexibility index (Phi) is 4.25. The monoisotopic (exact) mass is 254 g/mol. The number of nitrogens with two attached hydrogens (primary N) is 1. The number of hydrogen-bond donors (Lipinski definition) is 1. The highest BCUT2D eigenvalue weighted by molar-refractivity contribution is 6.42. The van der Waals surface area contributed by atoms with Gasteiger partial charge in [0.2, 0.25) is 0 Å². The predicted molar refractivity (Wildman–Crippen MR) is 64.3 cm³/mol. The standard InChI is InChI=1S/C10H8Cl2N4/c11-7-5-9(15)10(6-8(7)12)16(3-1-13)4-2-14/h5-6H,3-4,15H2. The van der Waals surface area contributed by atoms with E-state index in [0.717, 1.165) is 0 Å². The summed E-state index contributed by atoms with van der Waals surface area (Å²) in [5.41, 5.74) is 6.68. The molecule has 0 saturated carbocycles. The average Bonchev–Trinajstić information content (AvgIpc) is 2.23. The van der Waals surface area contributed by atoms with Crippen LogP contribution in [0.3, 0.4) is 0 Å². The van der Waals surface area contributed by atoms with Crippen molar-refractivity contribution in [3.8, 4) is 12.1 Å². The molecule has 0 unspecified atom stereocenters. The van der Waals surface area contributed by atoms with Crippen LogP contribution in [0.2, 0.25) is 10.0 Å². The van der Waals surface area contributed by atoms with Gasteiger partial charge in [0.1, 0.15) is 13.1 Å². The van der Waals surface area contributed by atoms with Crippen molar-refractivity contribution >= 4 is 34.6 Å². The molecule has 0 atom stereocenters. The summed E-state index contributed by atoms with van der Waals surface area (Å²) in [7, 11) is 0. The zero-order chi connectivity index (χ0) is 12.1. The smallest absolute Gasteiger partial charge is 0.107 e. The quantitative estimate of drug-likeness (QED) is 0.664. The van der Waals surface area contributed by atoms with Crippen molar-refractivity contribution in [2.45, 2.75) is 0 Å². The minimum absolute atomic E-state index is 0.0652. The number of anilines is 2. The number of rotatable bonds is 3. The Morgan fingerprint density at radius 2 is 1.62 bits per heavy atom. The fourth-order valence-corrected chi connectivity index (χ4v) is 1.55. The highest BCUT2D eigenvalue weighted by Crippen LogP contribution is 2.32. The van der Waals surface area contributed by atoms with Gasteiger partial charge in [-0.1, -0.05) is 23.2 Å². The van der Waals surface area contributed by atoms with Crippen LogP contribution in [-0.2, 0) is 0 Å². The van der Waals surface area contributed by atoms with Crippen LogP contribution in [-0.4, -0.2) is 13.1 Å². The molecule has 0 heterocycles. The van der Waals surface area contributed by atoms with Crippen LogP contribution in [0, 0.1) is 22.7 Å². The van der Waals surface area contributed by atoms with Crippen LogP contribution in [0.5, 0.6) is 0 Å². The van der Waals surface area contributed by atoms with E-state index < -0.39 is 0 Å². The summed E-state index contributed by atoms with van der Waals surface area (Å²) in [5.74, 6) is 0. The molecule has 2 N–H and O–H groups in total. The lowest BCUT2D eigenvalue weighted by Crippen LogP contribution is -2.24. The van der Waals surface area contributed by atoms with E-state index in [-0.39, 0.29) is 13.1 Å². The molecule has 4 nitrogen and oxygen atoms in total. The summed E-state index contributed by atoms with van der Waals surface area (Å²) >= 11 is 11.6. The first kappa shape index (κ1) is 12.4. The maximum absolute atomic E-state index is 8.64. The molecule has 0 aliphatic carbocycles. The van der Waals surface area contributed by atoms with Crippen LogP contribution >= 0.6 is 23.2 Å². The summed E-state index contributed by atoms with van der Waals surface area (Å²) < 4.78 is 0. The molecule has 0 radical (unpaired) electrons. The number of nitrogen functional groups attached to an aromatic ring is 1. The normalized spacial score (nSPS) is 9.25. The molecule has 0 amide bonds. The van der Waals surface area contributed by atoms with Crippen LogP contribution < -0.4 is 10.6 Å². The van der Waals surface area contributed by atoms with Crippen molar-refractivity contribution in [2.24, 2.45) is 0 Å². The lowest BCUT2D eigenvalue weighted by atomic mass is 10.2. The maximum atomic E-state index is 8.64. The second kappa shape index (κ2) is 5.46. The summed E-state index contributed by atoms with van der Waals surface area (Å²) in [6.45, 7) is 0.130. The first-order chi connectivity index (χ1) is 7.60. The third kappa shape index (κ3) is 2.70. The molecule has 0 bridgehead atoms. The van der Waals surface area contributed by atoms with Gasteiger partial charge in [0.15, 0.2) is 0 Å². The molecule has 0 saturated heterocycles. The van der Waals surface area contributed by atoms with Gasteiger partial charge in [-0.15, -0.1) is 0 Å². The second-order valence-electron chi connectivity index (χ2n) is 3.00. The van der Waals surface area contributed by atoms with Crippen LogP contribution in [0.15, 0.2) is 12.1 Å². The topological polar surface area (TPSA) is 76.8 Å². The van der Waals surface area contributed by atoms with Gasteiger partial charge in [0.25, 0.3) is 0 Å². The first-order valence-electron chi connectivity index (χ1n) is 4.33. The summed E-state index contributed by atoms with van der Waals surface area (Å²) in [4.78, 5) is 1.53. The van der Waals surface area contributed by atoms with E-state index in [9.17, 15) is 0 Å². The van der Waals surface area contributed by atoms with Crippen molar-refractivity contribution in [3.05, 3.63) is 22.2 Å². The molecule has 1 rings (SSSR count). The van der Waals surface area contributed by atoms with Gasteiger partial charge in [0.05, 0.1) is 33.6 Å². The molecule has 0 spiro atoms. The van der Waals surface area contributed by atoms with E-state index in [4.69, 9.17) is 39.5 Å². The van der Waals surface area contributed by atoms with Crippen LogP contribution in [0.25, 0.3) is 0 Å². The first-order valence-corrected chi connectivity index (χ1v) is 5.09. The summed E-state index contributed by atoms with van der Waals surface area (Å²) in [5, 5.41) is 18.0. The van der Waals surface area contributed by atoms with Gasteiger partial charge in [-0.25, -0.2) is 0 Å². The second-order valence-corrected chi connectivity index (χ2v) is 3.81. The van der Waals surface area contributed by atoms with Crippen molar-refractivity contribution in [1.29, 1.82) is 10.5 Å². The minimum Gasteiger partial charge on any atom is -0.397 e. The van der Waals surface area contributed by atoms with E-state index >= 15 is 0 Å². The van der Waals surface area contributed by atoms with Gasteiger partial charge >= 0.3 is 0 Å². The molecule has 0 fully saturated rings. The zero-order valence-corrected chi connectivity index (χ0v) is 9.76. The molecule has 16 heavy (non-hydrogen) atoms. The van der Waals surface area contributed by atoms with Crippen molar-refractivity contribution in [2.75, 3.05) is 23.7 Å². The number of nitriles is 2. The van der Waals surface area contributed by atoms with E-state index in [1.165, 1.54) is 11.0 Å². The molecule has 0 aliphatic rings. The highest BCUT2D eigenvalue weighted by Gasteiger charge is 2.11. The number of nitrogens with zero attached hydrogens (tertiary/aromatic N) is 3. The fraction of sp³-hybridized carbons (Fsp3) is 0.200. The Hall–Kier alpha value is -1.62. The van der Waals surface area contributed by atoms with E-state index in [2.05, 4.69) is 0 Å². The van der Waals surface area contributed by atoms with Gasteiger partial charge < -0.3 is 10.6 Å². The minimum atomic E-state index is 0.0652. The Balaban J connectivity index is 3.15. The Labute approximate surface area is 103 Å². The summed E-state index contributed by atoms with van der Waals surface area (Å²) in [6.07, 6.45) is 0. The van der Waals surface area contributed by atoms with Gasteiger partial charge in [-0.2, -0.15) is 10.5 Å². The molecular weight excluding hydrogens is 247 g/mol. The lowest BCUT2D eigenvalue weighted by Gasteiger charge is -2.20. The van der Waals surface area contributed by atoms with Crippen LogP contribution in [0.1, 0.15) is 0 Å². The van der Waals surface area contributed by atoms with Crippen LogP contribution in [0.4, 0.5) is 11.4 Å². The Morgan fingerprint density at radius 1 is 1.12 bits per heavy atom. The van der Waals surface area contributed by atoms with Crippen molar-refractivity contribution < 1.29 is 0 Å². The Bertz CT molecular complexity index is 457. The molecule has 6 heteroatoms. The number of hydrogen-bond acceptors (Lipinski definition) is 4. The lowest BCUT2D eigenvalue weighted by molar-refractivity contribution is 0.968. The fourth-order valence-electron chi connectivity index (χ4n) is 1.22. The van der Waals surface area contributed by atoms with E-state index in [1.807, 2.05) is 12.1 Å². The third-order valence-corrected chi connectivity index (χ3v) is 2.66. The maximum Gasteiger partial charge on any atom is 0.107 e. The van der Waals surface area contributed by atoms with E-state index in [0.29, 0.717) is 21.4 Å². The highest BCUT2D eigenvalue weighted by atomic mass is 35.5. The predicted octanol–water partition coefficient (Wildman–Crippen LogP) is 2.43.